The molecule has 1 aliphatic rings. The van der Waals surface area contributed by atoms with Crippen LogP contribution < -0.4 is 0 Å². The van der Waals surface area contributed by atoms with Crippen LogP contribution in [-0.2, 0) is 0 Å². The minimum atomic E-state index is -0.0463. The largest absolute Gasteiger partial charge is 0.392 e. The zero-order chi connectivity index (χ0) is 10.9. The fourth-order valence-corrected chi connectivity index (χ4v) is 3.41. The molecule has 90 valence electrons. The molecule has 0 heterocycles. The minimum absolute atomic E-state index is 0.0463. The van der Waals surface area contributed by atoms with Gasteiger partial charge in [0.05, 0.1) is 6.10 Å². The van der Waals surface area contributed by atoms with E-state index in [0.717, 1.165) is 18.1 Å². The third-order valence-electron chi connectivity index (χ3n) is 3.28. The van der Waals surface area contributed by atoms with Crippen LogP contribution in [0.15, 0.2) is 0 Å². The summed E-state index contributed by atoms with van der Waals surface area (Å²) in [6.07, 6.45) is 10.5. The normalized spacial score (nSPS) is 20.4. The molecule has 1 rings (SSSR count). The maximum atomic E-state index is 9.88. The molecule has 0 unspecified atom stereocenters. The summed E-state index contributed by atoms with van der Waals surface area (Å²) < 4.78 is 0. The molecule has 1 nitrogen and oxygen atoms in total. The molecule has 2 heteroatoms. The molecular weight excluding hydrogens is 204 g/mol. The smallest absolute Gasteiger partial charge is 0.0633 e. The molecule has 15 heavy (non-hydrogen) atoms. The highest BCUT2D eigenvalue weighted by molar-refractivity contribution is 7.99. The van der Waals surface area contributed by atoms with Gasteiger partial charge < -0.3 is 5.11 Å². The number of hydrogen-bond donors (Lipinski definition) is 1. The van der Waals surface area contributed by atoms with E-state index in [-0.39, 0.29) is 6.10 Å². The molecule has 1 N–H and O–H groups in total. The Hall–Kier alpha value is 0.310. The van der Waals surface area contributed by atoms with Gasteiger partial charge in [-0.1, -0.05) is 45.4 Å². The van der Waals surface area contributed by atoms with E-state index in [0.29, 0.717) is 0 Å². The first-order valence-corrected chi connectivity index (χ1v) is 7.74. The first kappa shape index (κ1) is 13.4. The van der Waals surface area contributed by atoms with Crippen LogP contribution in [0.25, 0.3) is 0 Å². The van der Waals surface area contributed by atoms with Crippen molar-refractivity contribution in [1.82, 2.24) is 0 Å². The van der Waals surface area contributed by atoms with Gasteiger partial charge in [-0.2, -0.15) is 11.8 Å². The van der Waals surface area contributed by atoms with Gasteiger partial charge in [0.15, 0.2) is 0 Å². The second-order valence-corrected chi connectivity index (χ2v) is 5.97. The summed E-state index contributed by atoms with van der Waals surface area (Å²) in [6.45, 7) is 2.22. The van der Waals surface area contributed by atoms with E-state index in [2.05, 4.69) is 6.92 Å². The molecule has 1 atom stereocenters. The summed E-state index contributed by atoms with van der Waals surface area (Å²) in [5, 5.41) is 9.88. The first-order chi connectivity index (χ1) is 7.33. The van der Waals surface area contributed by atoms with Crippen molar-refractivity contribution in [3.8, 4) is 0 Å². The van der Waals surface area contributed by atoms with Crippen molar-refractivity contribution in [2.24, 2.45) is 5.92 Å². The molecule has 0 spiro atoms. The maximum Gasteiger partial charge on any atom is 0.0633 e. The molecule has 0 saturated heterocycles. The van der Waals surface area contributed by atoms with Gasteiger partial charge in [-0.25, -0.2) is 0 Å². The summed E-state index contributed by atoms with van der Waals surface area (Å²) in [4.78, 5) is 0. The van der Waals surface area contributed by atoms with Crippen molar-refractivity contribution in [3.05, 3.63) is 0 Å². The second-order valence-electron chi connectivity index (χ2n) is 4.82. The van der Waals surface area contributed by atoms with E-state index < -0.39 is 0 Å². The molecule has 0 aromatic rings. The van der Waals surface area contributed by atoms with Crippen molar-refractivity contribution < 1.29 is 5.11 Å². The van der Waals surface area contributed by atoms with E-state index in [1.54, 1.807) is 0 Å². The minimum Gasteiger partial charge on any atom is -0.392 e. The quantitative estimate of drug-likeness (QED) is 0.670. The van der Waals surface area contributed by atoms with Crippen LogP contribution >= 0.6 is 11.8 Å². The summed E-state index contributed by atoms with van der Waals surface area (Å²) in [7, 11) is 0. The van der Waals surface area contributed by atoms with Crippen LogP contribution in [0.2, 0.25) is 0 Å². The molecule has 0 bridgehead atoms. The molecule has 1 aliphatic carbocycles. The van der Waals surface area contributed by atoms with Gasteiger partial charge in [-0.05, 0) is 24.5 Å². The summed E-state index contributed by atoms with van der Waals surface area (Å²) in [5.74, 6) is 3.00. The van der Waals surface area contributed by atoms with Crippen LogP contribution in [0.4, 0.5) is 0 Å². The fourth-order valence-electron chi connectivity index (χ4n) is 2.34. The lowest BCUT2D eigenvalue weighted by Gasteiger charge is -2.23. The van der Waals surface area contributed by atoms with E-state index in [1.807, 2.05) is 11.8 Å². The number of unbranched alkanes of at least 4 members (excludes halogenated alkanes) is 1. The topological polar surface area (TPSA) is 20.2 Å². The number of thioether (sulfide) groups is 1. The lowest BCUT2D eigenvalue weighted by molar-refractivity contribution is 0.150. The Morgan fingerprint density at radius 2 is 2.00 bits per heavy atom. The van der Waals surface area contributed by atoms with Crippen molar-refractivity contribution in [1.29, 1.82) is 0 Å². The Morgan fingerprint density at radius 1 is 1.27 bits per heavy atom. The van der Waals surface area contributed by atoms with Crippen LogP contribution in [0.1, 0.15) is 58.3 Å². The number of hydrogen-bond acceptors (Lipinski definition) is 2. The van der Waals surface area contributed by atoms with Gasteiger partial charge in [0.1, 0.15) is 0 Å². The second kappa shape index (κ2) is 8.46. The molecule has 1 fully saturated rings. The van der Waals surface area contributed by atoms with E-state index in [1.165, 1.54) is 50.7 Å². The predicted octanol–water partition coefficient (Wildman–Crippen LogP) is 3.85. The lowest BCUT2D eigenvalue weighted by Crippen LogP contribution is -2.18. The van der Waals surface area contributed by atoms with Gasteiger partial charge in [0, 0.05) is 5.75 Å². The monoisotopic (exact) mass is 230 g/mol. The van der Waals surface area contributed by atoms with Gasteiger partial charge >= 0.3 is 0 Å². The fraction of sp³-hybridized carbons (Fsp3) is 1.00. The average Bonchev–Trinajstić information content (AvgIpc) is 2.26. The van der Waals surface area contributed by atoms with Crippen LogP contribution in [0, 0.1) is 5.92 Å². The number of aliphatic hydroxyl groups excluding tert-OH is 1. The zero-order valence-electron chi connectivity index (χ0n) is 10.1. The summed E-state index contributed by atoms with van der Waals surface area (Å²) >= 11 is 1.92. The van der Waals surface area contributed by atoms with Crippen molar-refractivity contribution in [3.63, 3.8) is 0 Å². The highest BCUT2D eigenvalue weighted by atomic mass is 32.2. The van der Waals surface area contributed by atoms with Crippen molar-refractivity contribution in [2.45, 2.75) is 64.4 Å². The highest BCUT2D eigenvalue weighted by Gasteiger charge is 2.17. The van der Waals surface area contributed by atoms with Crippen LogP contribution in [0.3, 0.4) is 0 Å². The predicted molar refractivity (Wildman–Crippen MR) is 69.4 cm³/mol. The molecule has 0 amide bonds. The van der Waals surface area contributed by atoms with Crippen molar-refractivity contribution in [2.75, 3.05) is 11.5 Å². The van der Waals surface area contributed by atoms with Gasteiger partial charge in [0.25, 0.3) is 0 Å². The highest BCUT2D eigenvalue weighted by Crippen LogP contribution is 2.28. The molecule has 0 aromatic carbocycles. The third-order valence-corrected chi connectivity index (χ3v) is 4.48. The Balaban J connectivity index is 1.98. The Kier molecular flexibility index (Phi) is 7.54. The lowest BCUT2D eigenvalue weighted by atomic mass is 9.86. The average molecular weight is 230 g/mol. The molecular formula is C13H26OS. The Labute approximate surface area is 99.0 Å². The van der Waals surface area contributed by atoms with Gasteiger partial charge in [-0.15, -0.1) is 0 Å². The maximum absolute atomic E-state index is 9.88. The standard InChI is InChI=1S/C13H26OS/c1-2-3-9-15-11-13(14)10-12-7-5-4-6-8-12/h12-14H,2-11H2,1H3/t13-/m0/s1. The van der Waals surface area contributed by atoms with E-state index in [9.17, 15) is 5.11 Å². The summed E-state index contributed by atoms with van der Waals surface area (Å²) in [5.41, 5.74) is 0. The van der Waals surface area contributed by atoms with E-state index in [4.69, 9.17) is 0 Å². The number of rotatable bonds is 7. The molecule has 1 saturated carbocycles. The van der Waals surface area contributed by atoms with E-state index >= 15 is 0 Å². The molecule has 0 aromatic heterocycles. The summed E-state index contributed by atoms with van der Waals surface area (Å²) in [6, 6.07) is 0. The van der Waals surface area contributed by atoms with Crippen molar-refractivity contribution >= 4 is 11.8 Å². The first-order valence-electron chi connectivity index (χ1n) is 6.58. The number of aliphatic hydroxyl groups is 1. The third kappa shape index (κ3) is 6.47. The van der Waals surface area contributed by atoms with Crippen LogP contribution in [-0.4, -0.2) is 22.7 Å². The Bertz CT molecular complexity index is 143. The molecule has 0 radical (unpaired) electrons. The van der Waals surface area contributed by atoms with Crippen LogP contribution in [0.5, 0.6) is 0 Å². The zero-order valence-corrected chi connectivity index (χ0v) is 10.9. The SMILES string of the molecule is CCCCSC[C@@H](O)CC1CCCCC1. The van der Waals surface area contributed by atoms with Gasteiger partial charge in [-0.3, -0.25) is 0 Å². The Morgan fingerprint density at radius 3 is 2.67 bits per heavy atom. The molecule has 0 aliphatic heterocycles. The van der Waals surface area contributed by atoms with Gasteiger partial charge in [0.2, 0.25) is 0 Å².